The fourth-order valence-corrected chi connectivity index (χ4v) is 2.06. The molecule has 4 nitrogen and oxygen atoms in total. The monoisotopic (exact) mass is 231 g/mol. The summed E-state index contributed by atoms with van der Waals surface area (Å²) in [5.74, 6) is 0.776. The fourth-order valence-electron chi connectivity index (χ4n) is 2.06. The summed E-state index contributed by atoms with van der Waals surface area (Å²) in [6.07, 6.45) is 2.69. The molecular formula is C13H17N3O. The molecule has 0 radical (unpaired) electrons. The van der Waals surface area contributed by atoms with Crippen LogP contribution in [-0.4, -0.2) is 30.3 Å². The highest BCUT2D eigenvalue weighted by molar-refractivity contribution is 5.53. The number of aromatic nitrogens is 1. The Balaban J connectivity index is 2.26. The predicted octanol–water partition coefficient (Wildman–Crippen LogP) is 1.96. The summed E-state index contributed by atoms with van der Waals surface area (Å²) in [5.41, 5.74) is 0.496. The standard InChI is InChI=1S/C13H17N3O/c1-3-13(2)10-16(7-8-17-13)12-11(9-14)5-4-6-15-12/h4-6H,3,7-8,10H2,1-2H3. The largest absolute Gasteiger partial charge is 0.372 e. The van der Waals surface area contributed by atoms with Crippen molar-refractivity contribution in [2.45, 2.75) is 25.9 Å². The van der Waals surface area contributed by atoms with E-state index in [9.17, 15) is 0 Å². The van der Waals surface area contributed by atoms with Crippen LogP contribution in [0.4, 0.5) is 5.82 Å². The Morgan fingerprint density at radius 2 is 2.47 bits per heavy atom. The van der Waals surface area contributed by atoms with Gasteiger partial charge in [0.05, 0.1) is 17.8 Å². The quantitative estimate of drug-likeness (QED) is 0.780. The van der Waals surface area contributed by atoms with Crippen LogP contribution in [0.3, 0.4) is 0 Å². The zero-order valence-electron chi connectivity index (χ0n) is 10.3. The van der Waals surface area contributed by atoms with E-state index in [0.29, 0.717) is 12.2 Å². The predicted molar refractivity (Wildman–Crippen MR) is 65.8 cm³/mol. The highest BCUT2D eigenvalue weighted by Crippen LogP contribution is 2.26. The Bertz CT molecular complexity index is 441. The fraction of sp³-hybridized carbons (Fsp3) is 0.538. The molecule has 1 fully saturated rings. The van der Waals surface area contributed by atoms with Crippen LogP contribution in [0.25, 0.3) is 0 Å². The minimum atomic E-state index is -0.136. The first-order chi connectivity index (χ1) is 8.18. The van der Waals surface area contributed by atoms with E-state index in [2.05, 4.69) is 29.8 Å². The zero-order chi connectivity index (χ0) is 12.3. The van der Waals surface area contributed by atoms with Crippen molar-refractivity contribution in [3.8, 4) is 6.07 Å². The molecule has 1 atom stereocenters. The van der Waals surface area contributed by atoms with Crippen LogP contribution in [0.2, 0.25) is 0 Å². The van der Waals surface area contributed by atoms with E-state index >= 15 is 0 Å². The number of anilines is 1. The number of hydrogen-bond donors (Lipinski definition) is 0. The summed E-state index contributed by atoms with van der Waals surface area (Å²) < 4.78 is 5.79. The molecule has 90 valence electrons. The summed E-state index contributed by atoms with van der Waals surface area (Å²) in [7, 11) is 0. The van der Waals surface area contributed by atoms with Gasteiger partial charge in [0.1, 0.15) is 11.9 Å². The Labute approximate surface area is 102 Å². The van der Waals surface area contributed by atoms with Gasteiger partial charge in [-0.2, -0.15) is 5.26 Å². The lowest BCUT2D eigenvalue weighted by Crippen LogP contribution is -2.50. The number of pyridine rings is 1. The minimum absolute atomic E-state index is 0.136. The van der Waals surface area contributed by atoms with Gasteiger partial charge in [0.2, 0.25) is 0 Å². The Hall–Kier alpha value is -1.60. The van der Waals surface area contributed by atoms with Gasteiger partial charge in [-0.15, -0.1) is 0 Å². The van der Waals surface area contributed by atoms with Gasteiger partial charge in [0, 0.05) is 19.3 Å². The van der Waals surface area contributed by atoms with Crippen LogP contribution in [-0.2, 0) is 4.74 Å². The van der Waals surface area contributed by atoms with Crippen LogP contribution < -0.4 is 4.90 Å². The maximum absolute atomic E-state index is 9.09. The molecule has 4 heteroatoms. The normalized spacial score (nSPS) is 24.4. The molecule has 1 saturated heterocycles. The summed E-state index contributed by atoms with van der Waals surface area (Å²) in [6.45, 7) is 6.49. The Morgan fingerprint density at radius 1 is 1.65 bits per heavy atom. The summed E-state index contributed by atoms with van der Waals surface area (Å²) in [6, 6.07) is 5.79. The van der Waals surface area contributed by atoms with E-state index in [4.69, 9.17) is 10.00 Å². The second-order valence-corrected chi connectivity index (χ2v) is 4.56. The number of rotatable bonds is 2. The van der Waals surface area contributed by atoms with E-state index in [0.717, 1.165) is 25.3 Å². The lowest BCUT2D eigenvalue weighted by atomic mass is 10.0. The average Bonchev–Trinajstić information content (AvgIpc) is 2.39. The molecule has 0 saturated carbocycles. The van der Waals surface area contributed by atoms with Crippen molar-refractivity contribution in [3.05, 3.63) is 23.9 Å². The van der Waals surface area contributed by atoms with Gasteiger partial charge in [-0.25, -0.2) is 4.98 Å². The molecule has 2 heterocycles. The maximum atomic E-state index is 9.09. The topological polar surface area (TPSA) is 49.2 Å². The lowest BCUT2D eigenvalue weighted by Gasteiger charge is -2.40. The van der Waals surface area contributed by atoms with E-state index in [-0.39, 0.29) is 5.60 Å². The van der Waals surface area contributed by atoms with Gasteiger partial charge in [0.15, 0.2) is 0 Å². The van der Waals surface area contributed by atoms with Crippen molar-refractivity contribution in [1.29, 1.82) is 5.26 Å². The molecule has 0 aromatic carbocycles. The number of hydrogen-bond acceptors (Lipinski definition) is 4. The maximum Gasteiger partial charge on any atom is 0.146 e. The van der Waals surface area contributed by atoms with Crippen LogP contribution in [0, 0.1) is 11.3 Å². The van der Waals surface area contributed by atoms with Crippen molar-refractivity contribution in [2.75, 3.05) is 24.6 Å². The molecule has 1 aromatic heterocycles. The molecule has 0 spiro atoms. The molecule has 17 heavy (non-hydrogen) atoms. The van der Waals surface area contributed by atoms with Crippen LogP contribution >= 0.6 is 0 Å². The molecule has 2 rings (SSSR count). The minimum Gasteiger partial charge on any atom is -0.372 e. The zero-order valence-corrected chi connectivity index (χ0v) is 10.3. The van der Waals surface area contributed by atoms with Crippen molar-refractivity contribution >= 4 is 5.82 Å². The van der Waals surface area contributed by atoms with Crippen molar-refractivity contribution in [1.82, 2.24) is 4.98 Å². The number of nitrogens with zero attached hydrogens (tertiary/aromatic N) is 3. The second kappa shape index (κ2) is 4.72. The second-order valence-electron chi connectivity index (χ2n) is 4.56. The highest BCUT2D eigenvalue weighted by Gasteiger charge is 2.31. The van der Waals surface area contributed by atoms with E-state index in [1.807, 2.05) is 0 Å². The van der Waals surface area contributed by atoms with Gasteiger partial charge in [-0.05, 0) is 25.5 Å². The molecule has 0 bridgehead atoms. The molecule has 1 aliphatic rings. The first-order valence-electron chi connectivity index (χ1n) is 5.92. The van der Waals surface area contributed by atoms with E-state index in [1.165, 1.54) is 0 Å². The third-order valence-corrected chi connectivity index (χ3v) is 3.29. The van der Waals surface area contributed by atoms with Crippen molar-refractivity contribution in [3.63, 3.8) is 0 Å². The average molecular weight is 231 g/mol. The smallest absolute Gasteiger partial charge is 0.146 e. The SMILES string of the molecule is CCC1(C)CN(c2ncccc2C#N)CCO1. The van der Waals surface area contributed by atoms with Gasteiger partial charge in [-0.1, -0.05) is 6.92 Å². The van der Waals surface area contributed by atoms with E-state index < -0.39 is 0 Å². The Morgan fingerprint density at radius 3 is 3.18 bits per heavy atom. The van der Waals surface area contributed by atoms with Crippen LogP contribution in [0.15, 0.2) is 18.3 Å². The summed E-state index contributed by atoms with van der Waals surface area (Å²) >= 11 is 0. The number of morpholine rings is 1. The third-order valence-electron chi connectivity index (χ3n) is 3.29. The van der Waals surface area contributed by atoms with Gasteiger partial charge >= 0.3 is 0 Å². The molecule has 0 N–H and O–H groups in total. The molecule has 1 unspecified atom stereocenters. The van der Waals surface area contributed by atoms with Crippen LogP contribution in [0.1, 0.15) is 25.8 Å². The first kappa shape index (κ1) is 11.9. The van der Waals surface area contributed by atoms with Gasteiger partial charge in [-0.3, -0.25) is 0 Å². The highest BCUT2D eigenvalue weighted by atomic mass is 16.5. The summed E-state index contributed by atoms with van der Waals surface area (Å²) in [4.78, 5) is 6.47. The number of ether oxygens (including phenoxy) is 1. The van der Waals surface area contributed by atoms with Crippen LogP contribution in [0.5, 0.6) is 0 Å². The molecular weight excluding hydrogens is 214 g/mol. The van der Waals surface area contributed by atoms with Gasteiger partial charge in [0.25, 0.3) is 0 Å². The first-order valence-corrected chi connectivity index (χ1v) is 5.92. The molecule has 1 aromatic rings. The Kier molecular flexibility index (Phi) is 3.30. The third kappa shape index (κ3) is 2.40. The molecule has 0 amide bonds. The summed E-state index contributed by atoms with van der Waals surface area (Å²) in [5, 5.41) is 9.09. The van der Waals surface area contributed by atoms with Gasteiger partial charge < -0.3 is 9.64 Å². The van der Waals surface area contributed by atoms with Crippen molar-refractivity contribution in [2.24, 2.45) is 0 Å². The molecule has 0 aliphatic carbocycles. The molecule has 1 aliphatic heterocycles. The number of nitriles is 1. The lowest BCUT2D eigenvalue weighted by molar-refractivity contribution is -0.0443. The van der Waals surface area contributed by atoms with E-state index in [1.54, 1.807) is 18.3 Å². The van der Waals surface area contributed by atoms with Crippen molar-refractivity contribution < 1.29 is 4.74 Å².